The number of amides is 1. The summed E-state index contributed by atoms with van der Waals surface area (Å²) >= 11 is 3.02. The number of para-hydroxylation sites is 1. The van der Waals surface area contributed by atoms with E-state index in [0.717, 1.165) is 25.7 Å². The van der Waals surface area contributed by atoms with Crippen molar-refractivity contribution in [3.8, 4) is 0 Å². The Kier molecular flexibility index (Phi) is 5.05. The van der Waals surface area contributed by atoms with E-state index in [2.05, 4.69) is 15.5 Å². The van der Waals surface area contributed by atoms with Crippen LogP contribution in [0, 0.1) is 6.92 Å². The molecule has 2 aromatic carbocycles. The molecule has 0 aliphatic rings. The summed E-state index contributed by atoms with van der Waals surface area (Å²) in [5.41, 5.74) is 5.63. The number of carbonyl (C=O) groups excluding carboxylic acids is 1. The number of benzene rings is 2. The number of thioether (sulfide) groups is 1. The fourth-order valence-corrected chi connectivity index (χ4v) is 3.86. The van der Waals surface area contributed by atoms with Crippen LogP contribution >= 0.6 is 23.1 Å². The molecular weight excluding hydrogens is 326 g/mol. The Hall–Kier alpha value is -2.18. The SMILES string of the molecule is Cc1cccc(/C=N\NC(=O)CSc2nc3ccccc3s2)c1. The molecule has 1 aromatic heterocycles. The van der Waals surface area contributed by atoms with Crippen molar-refractivity contribution in [3.63, 3.8) is 0 Å². The molecule has 23 heavy (non-hydrogen) atoms. The average molecular weight is 341 g/mol. The van der Waals surface area contributed by atoms with E-state index < -0.39 is 0 Å². The van der Waals surface area contributed by atoms with E-state index in [1.54, 1.807) is 17.6 Å². The Morgan fingerprint density at radius 1 is 1.30 bits per heavy atom. The van der Waals surface area contributed by atoms with Crippen molar-refractivity contribution in [2.45, 2.75) is 11.3 Å². The number of hydrogen-bond donors (Lipinski definition) is 1. The van der Waals surface area contributed by atoms with Gasteiger partial charge in [-0.15, -0.1) is 11.3 Å². The zero-order valence-electron chi connectivity index (χ0n) is 12.5. The number of nitrogens with one attached hydrogen (secondary N) is 1. The third kappa shape index (κ3) is 4.40. The fourth-order valence-electron chi connectivity index (χ4n) is 2.00. The summed E-state index contributed by atoms with van der Waals surface area (Å²) in [6.07, 6.45) is 1.65. The Morgan fingerprint density at radius 2 is 2.17 bits per heavy atom. The maximum Gasteiger partial charge on any atom is 0.250 e. The molecule has 0 radical (unpaired) electrons. The van der Waals surface area contributed by atoms with E-state index in [1.807, 2.05) is 55.5 Å². The monoisotopic (exact) mass is 341 g/mol. The molecule has 0 aliphatic heterocycles. The van der Waals surface area contributed by atoms with Gasteiger partial charge in [0, 0.05) is 0 Å². The van der Waals surface area contributed by atoms with Crippen LogP contribution in [-0.2, 0) is 4.79 Å². The summed E-state index contributed by atoms with van der Waals surface area (Å²) in [6, 6.07) is 15.9. The Morgan fingerprint density at radius 3 is 3.00 bits per heavy atom. The second-order valence-corrected chi connectivity index (χ2v) is 7.20. The average Bonchev–Trinajstić information content (AvgIpc) is 2.96. The Labute approximate surface area is 142 Å². The van der Waals surface area contributed by atoms with E-state index >= 15 is 0 Å². The molecule has 116 valence electrons. The molecule has 6 heteroatoms. The van der Waals surface area contributed by atoms with Crippen molar-refractivity contribution in [2.24, 2.45) is 5.10 Å². The normalized spacial score (nSPS) is 11.2. The van der Waals surface area contributed by atoms with Gasteiger partial charge in [-0.3, -0.25) is 4.79 Å². The number of hydrogen-bond acceptors (Lipinski definition) is 5. The zero-order chi connectivity index (χ0) is 16.1. The van der Waals surface area contributed by atoms with Crippen LogP contribution in [0.15, 0.2) is 58.0 Å². The fraction of sp³-hybridized carbons (Fsp3) is 0.118. The Balaban J connectivity index is 1.51. The molecule has 1 heterocycles. The number of aromatic nitrogens is 1. The largest absolute Gasteiger partial charge is 0.272 e. The molecule has 3 aromatic rings. The van der Waals surface area contributed by atoms with Crippen LogP contribution in [0.4, 0.5) is 0 Å². The van der Waals surface area contributed by atoms with Crippen molar-refractivity contribution in [1.29, 1.82) is 0 Å². The molecule has 4 nitrogen and oxygen atoms in total. The molecule has 0 aliphatic carbocycles. The molecule has 0 saturated heterocycles. The highest BCUT2D eigenvalue weighted by atomic mass is 32.2. The lowest BCUT2D eigenvalue weighted by molar-refractivity contribution is -0.118. The minimum absolute atomic E-state index is 0.141. The number of rotatable bonds is 5. The second kappa shape index (κ2) is 7.39. The highest BCUT2D eigenvalue weighted by molar-refractivity contribution is 8.01. The summed E-state index contributed by atoms with van der Waals surface area (Å²) in [6.45, 7) is 2.02. The molecule has 0 bridgehead atoms. The van der Waals surface area contributed by atoms with Gasteiger partial charge in [-0.2, -0.15) is 5.10 Å². The van der Waals surface area contributed by atoms with Gasteiger partial charge in [-0.1, -0.05) is 53.7 Å². The van der Waals surface area contributed by atoms with Crippen LogP contribution in [0.2, 0.25) is 0 Å². The number of fused-ring (bicyclic) bond motifs is 1. The first-order valence-electron chi connectivity index (χ1n) is 7.08. The lowest BCUT2D eigenvalue weighted by atomic mass is 10.2. The third-order valence-corrected chi connectivity index (χ3v) is 5.23. The van der Waals surface area contributed by atoms with Crippen LogP contribution in [0.1, 0.15) is 11.1 Å². The standard InChI is InChI=1S/C17H15N3OS2/c1-12-5-4-6-13(9-12)10-18-20-16(21)11-22-17-19-14-7-2-3-8-15(14)23-17/h2-10H,11H2,1H3,(H,20,21)/b18-10-. The van der Waals surface area contributed by atoms with Gasteiger partial charge >= 0.3 is 0 Å². The molecule has 0 unspecified atom stereocenters. The summed E-state index contributed by atoms with van der Waals surface area (Å²) in [4.78, 5) is 16.3. The van der Waals surface area contributed by atoms with E-state index in [0.29, 0.717) is 5.75 Å². The highest BCUT2D eigenvalue weighted by Gasteiger charge is 2.06. The van der Waals surface area contributed by atoms with Gasteiger partial charge in [0.15, 0.2) is 4.34 Å². The summed E-state index contributed by atoms with van der Waals surface area (Å²) in [7, 11) is 0. The third-order valence-electron chi connectivity index (χ3n) is 3.05. The van der Waals surface area contributed by atoms with Crippen LogP contribution in [0.25, 0.3) is 10.2 Å². The van der Waals surface area contributed by atoms with E-state index in [1.165, 1.54) is 11.8 Å². The first-order valence-corrected chi connectivity index (χ1v) is 8.88. The summed E-state index contributed by atoms with van der Waals surface area (Å²) in [5, 5.41) is 3.98. The summed E-state index contributed by atoms with van der Waals surface area (Å²) in [5.74, 6) is 0.156. The maximum atomic E-state index is 11.8. The molecule has 3 rings (SSSR count). The lowest BCUT2D eigenvalue weighted by Gasteiger charge is -1.98. The van der Waals surface area contributed by atoms with Crippen LogP contribution in [-0.4, -0.2) is 22.9 Å². The van der Waals surface area contributed by atoms with Crippen molar-refractivity contribution < 1.29 is 4.79 Å². The van der Waals surface area contributed by atoms with Crippen molar-refractivity contribution in [2.75, 3.05) is 5.75 Å². The molecule has 1 amide bonds. The first-order chi connectivity index (χ1) is 11.2. The number of thiazole rings is 1. The number of nitrogens with zero attached hydrogens (tertiary/aromatic N) is 2. The highest BCUT2D eigenvalue weighted by Crippen LogP contribution is 2.28. The number of hydrazone groups is 1. The molecule has 0 fully saturated rings. The molecular formula is C17H15N3OS2. The van der Waals surface area contributed by atoms with Gasteiger partial charge in [-0.05, 0) is 24.6 Å². The minimum atomic E-state index is -0.141. The predicted molar refractivity (Wildman–Crippen MR) is 97.3 cm³/mol. The van der Waals surface area contributed by atoms with Gasteiger partial charge in [-0.25, -0.2) is 10.4 Å². The smallest absolute Gasteiger partial charge is 0.250 e. The first kappa shape index (κ1) is 15.7. The van der Waals surface area contributed by atoms with E-state index in [9.17, 15) is 4.79 Å². The molecule has 0 atom stereocenters. The number of carbonyl (C=O) groups is 1. The lowest BCUT2D eigenvalue weighted by Crippen LogP contribution is -2.19. The summed E-state index contributed by atoms with van der Waals surface area (Å²) < 4.78 is 2.02. The van der Waals surface area contributed by atoms with E-state index in [-0.39, 0.29) is 5.91 Å². The van der Waals surface area contributed by atoms with Crippen molar-refractivity contribution in [1.82, 2.24) is 10.4 Å². The Bertz CT molecular complexity index is 825. The minimum Gasteiger partial charge on any atom is -0.272 e. The predicted octanol–water partition coefficient (Wildman–Crippen LogP) is 3.85. The van der Waals surface area contributed by atoms with E-state index in [4.69, 9.17) is 0 Å². The number of aryl methyl sites for hydroxylation is 1. The molecule has 0 spiro atoms. The molecule has 0 saturated carbocycles. The van der Waals surface area contributed by atoms with Crippen LogP contribution in [0.5, 0.6) is 0 Å². The maximum absolute atomic E-state index is 11.8. The van der Waals surface area contributed by atoms with Gasteiger partial charge in [0.25, 0.3) is 5.91 Å². The van der Waals surface area contributed by atoms with Crippen molar-refractivity contribution >= 4 is 45.4 Å². The topological polar surface area (TPSA) is 54.4 Å². The van der Waals surface area contributed by atoms with Gasteiger partial charge in [0.05, 0.1) is 22.2 Å². The molecule has 1 N–H and O–H groups in total. The van der Waals surface area contributed by atoms with Gasteiger partial charge in [0.1, 0.15) is 0 Å². The van der Waals surface area contributed by atoms with Gasteiger partial charge < -0.3 is 0 Å². The quantitative estimate of drug-likeness (QED) is 0.436. The van der Waals surface area contributed by atoms with Crippen LogP contribution in [0.3, 0.4) is 0 Å². The van der Waals surface area contributed by atoms with Crippen molar-refractivity contribution in [3.05, 3.63) is 59.7 Å². The van der Waals surface area contributed by atoms with Gasteiger partial charge in [0.2, 0.25) is 0 Å². The second-order valence-electron chi connectivity index (χ2n) is 4.94. The van der Waals surface area contributed by atoms with Crippen LogP contribution < -0.4 is 5.43 Å². The zero-order valence-corrected chi connectivity index (χ0v) is 14.2.